The number of aliphatic hydroxyl groups excluding tert-OH is 1. The van der Waals surface area contributed by atoms with Gasteiger partial charge in [-0.25, -0.2) is 0 Å². The van der Waals surface area contributed by atoms with Crippen LogP contribution in [0.15, 0.2) is 18.2 Å². The Morgan fingerprint density at radius 3 is 2.50 bits per heavy atom. The summed E-state index contributed by atoms with van der Waals surface area (Å²) < 4.78 is 37.2. The van der Waals surface area contributed by atoms with Gasteiger partial charge < -0.3 is 10.8 Å². The molecule has 2 nitrogen and oxygen atoms in total. The van der Waals surface area contributed by atoms with E-state index in [1.165, 1.54) is 0 Å². The Kier molecular flexibility index (Phi) is 4.18. The molecule has 1 atom stereocenters. The zero-order valence-electron chi connectivity index (χ0n) is 8.26. The van der Waals surface area contributed by atoms with Crippen molar-refractivity contribution in [1.82, 2.24) is 0 Å². The van der Waals surface area contributed by atoms with E-state index in [0.717, 1.165) is 18.2 Å². The van der Waals surface area contributed by atoms with Crippen LogP contribution in [0.1, 0.15) is 23.7 Å². The van der Waals surface area contributed by atoms with Crippen molar-refractivity contribution >= 4 is 11.6 Å². The Balaban J connectivity index is 3.09. The number of nitrogens with two attached hydrogens (primary N) is 1. The van der Waals surface area contributed by atoms with Gasteiger partial charge in [-0.3, -0.25) is 0 Å². The van der Waals surface area contributed by atoms with E-state index in [9.17, 15) is 18.3 Å². The molecule has 0 aliphatic carbocycles. The van der Waals surface area contributed by atoms with Crippen molar-refractivity contribution in [3.05, 3.63) is 34.3 Å². The average molecular weight is 254 g/mol. The van der Waals surface area contributed by atoms with Crippen LogP contribution in [0.4, 0.5) is 13.2 Å². The zero-order chi connectivity index (χ0) is 12.3. The molecule has 6 heteroatoms. The molecule has 3 N–H and O–H groups in total. The Morgan fingerprint density at radius 1 is 1.38 bits per heavy atom. The van der Waals surface area contributed by atoms with Crippen LogP contribution in [0.2, 0.25) is 5.02 Å². The molecule has 16 heavy (non-hydrogen) atoms. The van der Waals surface area contributed by atoms with Crippen LogP contribution in [-0.4, -0.2) is 11.7 Å². The first kappa shape index (κ1) is 13.3. The maximum absolute atomic E-state index is 12.4. The summed E-state index contributed by atoms with van der Waals surface area (Å²) in [6, 6.07) is 2.85. The number of alkyl halides is 3. The van der Waals surface area contributed by atoms with E-state index < -0.39 is 17.8 Å². The van der Waals surface area contributed by atoms with Gasteiger partial charge in [-0.2, -0.15) is 13.2 Å². The fourth-order valence-corrected chi connectivity index (χ4v) is 1.53. The summed E-state index contributed by atoms with van der Waals surface area (Å²) >= 11 is 5.71. The lowest BCUT2D eigenvalue weighted by Crippen LogP contribution is -2.10. The van der Waals surface area contributed by atoms with E-state index in [1.54, 1.807) is 0 Å². The summed E-state index contributed by atoms with van der Waals surface area (Å²) in [5, 5.41) is 9.67. The lowest BCUT2D eigenvalue weighted by molar-refractivity contribution is -0.137. The summed E-state index contributed by atoms with van der Waals surface area (Å²) in [4.78, 5) is 0. The number of rotatable bonds is 3. The largest absolute Gasteiger partial charge is 0.416 e. The highest BCUT2D eigenvalue weighted by molar-refractivity contribution is 6.31. The minimum Gasteiger partial charge on any atom is -0.388 e. The number of aliphatic hydroxyl groups is 1. The van der Waals surface area contributed by atoms with Crippen molar-refractivity contribution in [2.24, 2.45) is 5.73 Å². The lowest BCUT2D eigenvalue weighted by Gasteiger charge is -2.14. The first-order valence-corrected chi connectivity index (χ1v) is 4.99. The van der Waals surface area contributed by atoms with E-state index in [2.05, 4.69) is 0 Å². The van der Waals surface area contributed by atoms with Crippen molar-refractivity contribution in [2.45, 2.75) is 18.7 Å². The van der Waals surface area contributed by atoms with Gasteiger partial charge in [-0.15, -0.1) is 0 Å². The molecule has 0 unspecified atom stereocenters. The first-order valence-electron chi connectivity index (χ1n) is 4.61. The van der Waals surface area contributed by atoms with Crippen molar-refractivity contribution in [3.63, 3.8) is 0 Å². The topological polar surface area (TPSA) is 46.2 Å². The lowest BCUT2D eigenvalue weighted by atomic mass is 10.0. The third kappa shape index (κ3) is 3.10. The summed E-state index contributed by atoms with van der Waals surface area (Å²) in [5.74, 6) is 0. The quantitative estimate of drug-likeness (QED) is 0.870. The molecule has 0 aliphatic heterocycles. The average Bonchev–Trinajstić information content (AvgIpc) is 2.16. The molecule has 0 amide bonds. The van der Waals surface area contributed by atoms with E-state index in [-0.39, 0.29) is 23.6 Å². The van der Waals surface area contributed by atoms with Crippen LogP contribution in [0.3, 0.4) is 0 Å². The molecule has 0 fully saturated rings. The second-order valence-electron chi connectivity index (χ2n) is 3.33. The fourth-order valence-electron chi connectivity index (χ4n) is 1.29. The van der Waals surface area contributed by atoms with E-state index in [1.807, 2.05) is 0 Å². The minimum absolute atomic E-state index is 0.0574. The number of halogens is 4. The summed E-state index contributed by atoms with van der Waals surface area (Å²) in [5.41, 5.74) is 4.44. The van der Waals surface area contributed by atoms with Crippen molar-refractivity contribution in [2.75, 3.05) is 6.54 Å². The SMILES string of the molecule is NCC[C@H](O)c1cc(C(F)(F)F)ccc1Cl. The van der Waals surface area contributed by atoms with Crippen LogP contribution < -0.4 is 5.73 Å². The monoisotopic (exact) mass is 253 g/mol. The van der Waals surface area contributed by atoms with Crippen molar-refractivity contribution < 1.29 is 18.3 Å². The van der Waals surface area contributed by atoms with Crippen molar-refractivity contribution in [3.8, 4) is 0 Å². The van der Waals surface area contributed by atoms with Gasteiger partial charge >= 0.3 is 6.18 Å². The van der Waals surface area contributed by atoms with Gasteiger partial charge in [0.25, 0.3) is 0 Å². The molecule has 0 saturated heterocycles. The normalized spacial score (nSPS) is 13.9. The van der Waals surface area contributed by atoms with Gasteiger partial charge in [-0.05, 0) is 36.7 Å². The van der Waals surface area contributed by atoms with Gasteiger partial charge in [0.1, 0.15) is 0 Å². The predicted molar refractivity (Wildman–Crippen MR) is 55.1 cm³/mol. The molecule has 0 bridgehead atoms. The molecule has 0 aliphatic rings. The van der Waals surface area contributed by atoms with Crippen LogP contribution in [0, 0.1) is 0 Å². The number of hydrogen-bond acceptors (Lipinski definition) is 2. The highest BCUT2D eigenvalue weighted by atomic mass is 35.5. The van der Waals surface area contributed by atoms with Gasteiger partial charge in [-0.1, -0.05) is 11.6 Å². The molecular weight excluding hydrogens is 243 g/mol. The summed E-state index contributed by atoms with van der Waals surface area (Å²) in [6.07, 6.45) is -5.34. The van der Waals surface area contributed by atoms with Gasteiger partial charge in [0, 0.05) is 5.02 Å². The predicted octanol–water partition coefficient (Wildman–Crippen LogP) is 2.74. The second-order valence-corrected chi connectivity index (χ2v) is 3.73. The number of benzene rings is 1. The molecule has 0 aromatic heterocycles. The Labute approximate surface area is 95.8 Å². The highest BCUT2D eigenvalue weighted by Gasteiger charge is 2.31. The van der Waals surface area contributed by atoms with E-state index in [4.69, 9.17) is 17.3 Å². The fraction of sp³-hybridized carbons (Fsp3) is 0.400. The third-order valence-corrected chi connectivity index (χ3v) is 2.47. The molecule has 1 aromatic carbocycles. The molecule has 90 valence electrons. The third-order valence-electron chi connectivity index (χ3n) is 2.12. The summed E-state index contributed by atoms with van der Waals surface area (Å²) in [7, 11) is 0. The molecule has 0 saturated carbocycles. The molecule has 0 spiro atoms. The molecule has 0 radical (unpaired) electrons. The van der Waals surface area contributed by atoms with Gasteiger partial charge in [0.05, 0.1) is 11.7 Å². The van der Waals surface area contributed by atoms with Crippen LogP contribution in [0.25, 0.3) is 0 Å². The summed E-state index contributed by atoms with van der Waals surface area (Å²) in [6.45, 7) is 0.174. The van der Waals surface area contributed by atoms with Crippen LogP contribution in [0.5, 0.6) is 0 Å². The van der Waals surface area contributed by atoms with Crippen LogP contribution in [-0.2, 0) is 6.18 Å². The maximum Gasteiger partial charge on any atom is 0.416 e. The zero-order valence-corrected chi connectivity index (χ0v) is 9.02. The standard InChI is InChI=1S/C10H11ClF3NO/c11-8-2-1-6(10(12,13)14)5-7(8)9(16)3-4-15/h1-2,5,9,16H,3-4,15H2/t9-/m0/s1. The first-order chi connectivity index (χ1) is 7.36. The van der Waals surface area contributed by atoms with E-state index >= 15 is 0 Å². The van der Waals surface area contributed by atoms with Gasteiger partial charge in [0.15, 0.2) is 0 Å². The Bertz CT molecular complexity index is 368. The molecule has 1 rings (SSSR count). The smallest absolute Gasteiger partial charge is 0.388 e. The number of hydrogen-bond donors (Lipinski definition) is 2. The van der Waals surface area contributed by atoms with E-state index in [0.29, 0.717) is 0 Å². The molecule has 1 aromatic rings. The maximum atomic E-state index is 12.4. The molecule has 0 heterocycles. The molecular formula is C10H11ClF3NO. The minimum atomic E-state index is -4.44. The van der Waals surface area contributed by atoms with Crippen LogP contribution >= 0.6 is 11.6 Å². The van der Waals surface area contributed by atoms with Crippen molar-refractivity contribution in [1.29, 1.82) is 0 Å². The Morgan fingerprint density at radius 2 is 2.00 bits per heavy atom. The Hall–Kier alpha value is -0.780. The highest BCUT2D eigenvalue weighted by Crippen LogP contribution is 2.34. The second kappa shape index (κ2) is 5.03. The van der Waals surface area contributed by atoms with Gasteiger partial charge in [0.2, 0.25) is 0 Å².